The average molecular weight is 129 g/mol. The summed E-state index contributed by atoms with van der Waals surface area (Å²) in [6.45, 7) is 3.12. The van der Waals surface area contributed by atoms with Crippen LogP contribution in [-0.2, 0) is 0 Å². The van der Waals surface area contributed by atoms with Crippen LogP contribution in [0.5, 0.6) is 0 Å². The van der Waals surface area contributed by atoms with Crippen LogP contribution in [0.15, 0.2) is 0 Å². The van der Waals surface area contributed by atoms with Crippen molar-refractivity contribution in [3.8, 4) is 0 Å². The van der Waals surface area contributed by atoms with Gasteiger partial charge in [-0.3, -0.25) is 0 Å². The quantitative estimate of drug-likeness (QED) is 0.538. The largest absolute Gasteiger partial charge is 0.330 e. The molecule has 1 saturated heterocycles. The van der Waals surface area contributed by atoms with Crippen molar-refractivity contribution in [1.29, 1.82) is 0 Å². The summed E-state index contributed by atoms with van der Waals surface area (Å²) in [5.41, 5.74) is 5.45. The van der Waals surface area contributed by atoms with Gasteiger partial charge in [0.05, 0.1) is 0 Å². The van der Waals surface area contributed by atoms with E-state index in [1.54, 1.807) is 0 Å². The molecule has 1 heterocycles. The molecule has 0 aliphatic carbocycles. The van der Waals surface area contributed by atoms with Crippen molar-refractivity contribution >= 4 is 0 Å². The Kier molecular flexibility index (Phi) is 2.05. The maximum Gasteiger partial charge on any atom is 0.0186 e. The molecule has 0 bridgehead atoms. The number of hydrogen-bond donors (Lipinski definition) is 1. The molecular formula is C6H15N3. The van der Waals surface area contributed by atoms with Gasteiger partial charge in [-0.2, -0.15) is 0 Å². The molecule has 9 heavy (non-hydrogen) atoms. The van der Waals surface area contributed by atoms with Gasteiger partial charge in [0, 0.05) is 27.2 Å². The minimum absolute atomic E-state index is 0.743. The summed E-state index contributed by atoms with van der Waals surface area (Å²) in [6, 6.07) is 0. The first-order valence-electron chi connectivity index (χ1n) is 3.36. The highest BCUT2D eigenvalue weighted by molar-refractivity contribution is 4.76. The third-order valence-electron chi connectivity index (χ3n) is 1.84. The van der Waals surface area contributed by atoms with E-state index in [4.69, 9.17) is 5.73 Å². The van der Waals surface area contributed by atoms with Gasteiger partial charge in [0.25, 0.3) is 0 Å². The number of nitrogens with two attached hydrogens (primary N) is 1. The molecule has 0 aromatic carbocycles. The SMILES string of the molecule is CN(C)N1CC(CN)C1. The van der Waals surface area contributed by atoms with Crippen LogP contribution in [0.2, 0.25) is 0 Å². The van der Waals surface area contributed by atoms with Crippen molar-refractivity contribution in [3.63, 3.8) is 0 Å². The van der Waals surface area contributed by atoms with Gasteiger partial charge in [0.15, 0.2) is 0 Å². The topological polar surface area (TPSA) is 32.5 Å². The van der Waals surface area contributed by atoms with Crippen LogP contribution in [0.3, 0.4) is 0 Å². The van der Waals surface area contributed by atoms with Crippen LogP contribution >= 0.6 is 0 Å². The van der Waals surface area contributed by atoms with Crippen molar-refractivity contribution in [2.24, 2.45) is 11.7 Å². The van der Waals surface area contributed by atoms with Crippen LogP contribution in [0.25, 0.3) is 0 Å². The molecule has 0 aromatic rings. The van der Waals surface area contributed by atoms with Gasteiger partial charge < -0.3 is 5.73 Å². The highest BCUT2D eigenvalue weighted by Crippen LogP contribution is 2.13. The highest BCUT2D eigenvalue weighted by atomic mass is 15.6. The second kappa shape index (κ2) is 2.64. The molecule has 1 aliphatic rings. The Morgan fingerprint density at radius 3 is 2.44 bits per heavy atom. The summed E-state index contributed by atoms with van der Waals surface area (Å²) >= 11 is 0. The molecule has 1 rings (SSSR count). The Hall–Kier alpha value is -0.120. The smallest absolute Gasteiger partial charge is 0.0186 e. The third kappa shape index (κ3) is 1.41. The van der Waals surface area contributed by atoms with Gasteiger partial charge in [-0.1, -0.05) is 0 Å². The minimum atomic E-state index is 0.743. The first kappa shape index (κ1) is 6.99. The van der Waals surface area contributed by atoms with Gasteiger partial charge in [0.2, 0.25) is 0 Å². The number of hydrazine groups is 1. The van der Waals surface area contributed by atoms with Crippen molar-refractivity contribution in [3.05, 3.63) is 0 Å². The van der Waals surface area contributed by atoms with Gasteiger partial charge in [-0.25, -0.2) is 10.0 Å². The van der Waals surface area contributed by atoms with Crippen LogP contribution in [0, 0.1) is 5.92 Å². The Labute approximate surface area is 56.4 Å². The molecule has 0 spiro atoms. The summed E-state index contributed by atoms with van der Waals surface area (Å²) in [5, 5.41) is 4.39. The average Bonchev–Trinajstić information content (AvgIpc) is 1.61. The van der Waals surface area contributed by atoms with Gasteiger partial charge in [-0.15, -0.1) is 0 Å². The summed E-state index contributed by atoms with van der Waals surface area (Å²) in [7, 11) is 4.12. The molecule has 2 N–H and O–H groups in total. The molecule has 3 nitrogen and oxygen atoms in total. The van der Waals surface area contributed by atoms with Gasteiger partial charge in [-0.05, 0) is 12.5 Å². The summed E-state index contributed by atoms with van der Waals surface area (Å²) < 4.78 is 0. The van der Waals surface area contributed by atoms with E-state index in [0.29, 0.717) is 0 Å². The van der Waals surface area contributed by atoms with Crippen LogP contribution in [0.4, 0.5) is 0 Å². The second-order valence-corrected chi connectivity index (χ2v) is 2.82. The lowest BCUT2D eigenvalue weighted by Crippen LogP contribution is -2.55. The number of hydrogen-bond acceptors (Lipinski definition) is 3. The normalized spacial score (nSPS) is 22.7. The zero-order valence-electron chi connectivity index (χ0n) is 6.17. The Bertz CT molecular complexity index is 86.3. The van der Waals surface area contributed by atoms with Crippen LogP contribution in [-0.4, -0.2) is 43.7 Å². The van der Waals surface area contributed by atoms with Gasteiger partial charge in [0.1, 0.15) is 0 Å². The van der Waals surface area contributed by atoms with E-state index in [1.165, 1.54) is 0 Å². The van der Waals surface area contributed by atoms with Gasteiger partial charge >= 0.3 is 0 Å². The van der Waals surface area contributed by atoms with E-state index in [9.17, 15) is 0 Å². The van der Waals surface area contributed by atoms with E-state index >= 15 is 0 Å². The predicted molar refractivity (Wildman–Crippen MR) is 37.8 cm³/mol. The lowest BCUT2D eigenvalue weighted by Gasteiger charge is -2.42. The summed E-state index contributed by atoms with van der Waals surface area (Å²) in [4.78, 5) is 0. The van der Waals surface area contributed by atoms with E-state index in [1.807, 2.05) is 0 Å². The molecule has 0 amide bonds. The molecule has 3 heteroatoms. The molecule has 0 radical (unpaired) electrons. The summed E-state index contributed by atoms with van der Waals surface area (Å²) in [6.07, 6.45) is 0. The maximum atomic E-state index is 5.45. The molecule has 0 aromatic heterocycles. The van der Waals surface area contributed by atoms with E-state index in [0.717, 1.165) is 25.6 Å². The van der Waals surface area contributed by atoms with Crippen molar-refractivity contribution in [1.82, 2.24) is 10.0 Å². The fraction of sp³-hybridized carbons (Fsp3) is 1.00. The maximum absolute atomic E-state index is 5.45. The van der Waals surface area contributed by atoms with Crippen LogP contribution in [0.1, 0.15) is 0 Å². The third-order valence-corrected chi connectivity index (χ3v) is 1.84. The predicted octanol–water partition coefficient (Wildman–Crippen LogP) is -0.646. The number of nitrogens with zero attached hydrogens (tertiary/aromatic N) is 2. The molecule has 1 aliphatic heterocycles. The number of rotatable bonds is 2. The minimum Gasteiger partial charge on any atom is -0.330 e. The zero-order chi connectivity index (χ0) is 6.85. The first-order valence-corrected chi connectivity index (χ1v) is 3.36. The molecule has 0 atom stereocenters. The monoisotopic (exact) mass is 129 g/mol. The first-order chi connectivity index (χ1) is 4.24. The van der Waals surface area contributed by atoms with E-state index < -0.39 is 0 Å². The molecule has 1 fully saturated rings. The second-order valence-electron chi connectivity index (χ2n) is 2.82. The lowest BCUT2D eigenvalue weighted by atomic mass is 10.0. The van der Waals surface area contributed by atoms with Crippen molar-refractivity contribution in [2.45, 2.75) is 0 Å². The molecule has 54 valence electrons. The zero-order valence-corrected chi connectivity index (χ0v) is 6.17. The standard InChI is InChI=1S/C6H15N3/c1-8(2)9-4-6(3-7)5-9/h6H,3-5,7H2,1-2H3. The highest BCUT2D eigenvalue weighted by Gasteiger charge is 2.26. The van der Waals surface area contributed by atoms with Crippen molar-refractivity contribution < 1.29 is 0 Å². The Morgan fingerprint density at radius 2 is 2.11 bits per heavy atom. The Morgan fingerprint density at radius 1 is 1.56 bits per heavy atom. The fourth-order valence-corrected chi connectivity index (χ4v) is 1.02. The molecular weight excluding hydrogens is 114 g/mol. The van der Waals surface area contributed by atoms with Crippen LogP contribution < -0.4 is 5.73 Å². The summed E-state index contributed by atoms with van der Waals surface area (Å²) in [5.74, 6) is 0.743. The molecule has 0 saturated carbocycles. The Balaban J connectivity index is 2.12. The molecule has 0 unspecified atom stereocenters. The van der Waals surface area contributed by atoms with E-state index in [2.05, 4.69) is 24.1 Å². The lowest BCUT2D eigenvalue weighted by molar-refractivity contribution is -0.0677. The van der Waals surface area contributed by atoms with E-state index in [-0.39, 0.29) is 0 Å². The fourth-order valence-electron chi connectivity index (χ4n) is 1.02. The van der Waals surface area contributed by atoms with Crippen molar-refractivity contribution in [2.75, 3.05) is 33.7 Å².